The topological polar surface area (TPSA) is 113 Å². The van der Waals surface area contributed by atoms with Crippen molar-refractivity contribution in [2.24, 2.45) is 0 Å². The number of rotatable bonds is 3. The molecule has 1 aliphatic heterocycles. The minimum Gasteiger partial charge on any atom is -0.406 e. The molecule has 0 aliphatic carbocycles. The molecule has 110 valence electrons. The molecule has 2 rings (SSSR count). The van der Waals surface area contributed by atoms with E-state index >= 15 is 0 Å². The number of amides is 1. The van der Waals surface area contributed by atoms with Crippen molar-refractivity contribution in [1.29, 1.82) is 0 Å². The molecule has 0 saturated heterocycles. The van der Waals surface area contributed by atoms with Gasteiger partial charge in [-0.3, -0.25) is 29.8 Å². The number of esters is 1. The maximum absolute atomic E-state index is 11.9. The maximum atomic E-state index is 11.9. The van der Waals surface area contributed by atoms with Crippen molar-refractivity contribution < 1.29 is 24.5 Å². The van der Waals surface area contributed by atoms with Gasteiger partial charge in [0, 0.05) is 24.7 Å². The minimum absolute atomic E-state index is 0.115. The highest BCUT2D eigenvalue weighted by molar-refractivity contribution is 5.97. The third-order valence-electron chi connectivity index (χ3n) is 2.63. The maximum Gasteiger partial charge on any atom is 0.309 e. The van der Waals surface area contributed by atoms with E-state index in [9.17, 15) is 24.9 Å². The summed E-state index contributed by atoms with van der Waals surface area (Å²) in [6, 6.07) is 5.25. The molecular weight excluding hydrogens is 282 g/mol. The second-order valence-electron chi connectivity index (χ2n) is 4.16. The summed E-state index contributed by atoms with van der Waals surface area (Å²) in [5, 5.41) is 20.6. The Balaban J connectivity index is 2.32. The van der Waals surface area contributed by atoms with Gasteiger partial charge in [0.1, 0.15) is 6.54 Å². The molecule has 1 N–H and O–H groups in total. The summed E-state index contributed by atoms with van der Waals surface area (Å²) in [5.74, 6) is -1.35. The second-order valence-corrected chi connectivity index (χ2v) is 4.16. The molecule has 1 aromatic carbocycles. The van der Waals surface area contributed by atoms with Gasteiger partial charge >= 0.3 is 5.97 Å². The first-order valence-electron chi connectivity index (χ1n) is 5.81. The monoisotopic (exact) mass is 293 g/mol. The van der Waals surface area contributed by atoms with Crippen molar-refractivity contribution in [2.75, 3.05) is 11.4 Å². The second kappa shape index (κ2) is 5.59. The molecule has 0 unspecified atom stereocenters. The number of hydrogen-bond acceptors (Lipinski definition) is 7. The van der Waals surface area contributed by atoms with E-state index in [1.54, 1.807) is 0 Å². The lowest BCUT2D eigenvalue weighted by Gasteiger charge is -2.29. The van der Waals surface area contributed by atoms with Crippen molar-refractivity contribution in [3.05, 3.63) is 46.5 Å². The lowest BCUT2D eigenvalue weighted by molar-refractivity contribution is -0.384. The van der Waals surface area contributed by atoms with Gasteiger partial charge in [-0.1, -0.05) is 0 Å². The average Bonchev–Trinajstić information content (AvgIpc) is 2.41. The van der Waals surface area contributed by atoms with Gasteiger partial charge in [-0.25, -0.2) is 5.06 Å². The van der Waals surface area contributed by atoms with Gasteiger partial charge in [-0.05, 0) is 12.1 Å². The largest absolute Gasteiger partial charge is 0.406 e. The van der Waals surface area contributed by atoms with Gasteiger partial charge in [0.25, 0.3) is 11.6 Å². The van der Waals surface area contributed by atoms with Crippen LogP contribution in [-0.4, -0.2) is 33.6 Å². The smallest absolute Gasteiger partial charge is 0.309 e. The van der Waals surface area contributed by atoms with E-state index in [-0.39, 0.29) is 11.6 Å². The predicted molar refractivity (Wildman–Crippen MR) is 68.9 cm³/mol. The zero-order valence-electron chi connectivity index (χ0n) is 10.9. The van der Waals surface area contributed by atoms with Gasteiger partial charge < -0.3 is 4.74 Å². The highest BCUT2D eigenvalue weighted by atomic mass is 16.6. The molecule has 0 radical (unpaired) electrons. The summed E-state index contributed by atoms with van der Waals surface area (Å²) in [5.41, 5.74) is 0.236. The molecule has 1 aliphatic rings. The lowest BCUT2D eigenvalue weighted by Crippen LogP contribution is -2.42. The number of nitro groups is 1. The van der Waals surface area contributed by atoms with E-state index in [1.165, 1.54) is 24.3 Å². The molecule has 0 saturated carbocycles. The van der Waals surface area contributed by atoms with Gasteiger partial charge in [0.2, 0.25) is 5.88 Å². The Morgan fingerprint density at radius 1 is 1.38 bits per heavy atom. The van der Waals surface area contributed by atoms with Crippen LogP contribution in [0.4, 0.5) is 11.4 Å². The van der Waals surface area contributed by atoms with Crippen molar-refractivity contribution in [3.8, 4) is 0 Å². The van der Waals surface area contributed by atoms with E-state index in [0.717, 1.165) is 18.0 Å². The summed E-state index contributed by atoms with van der Waals surface area (Å²) in [7, 11) is 0. The van der Waals surface area contributed by atoms with E-state index in [1.807, 2.05) is 0 Å². The molecule has 1 amide bonds. The number of anilines is 1. The van der Waals surface area contributed by atoms with Crippen molar-refractivity contribution in [1.82, 2.24) is 5.06 Å². The minimum atomic E-state index is -0.654. The quantitative estimate of drug-likeness (QED) is 0.502. The molecule has 9 nitrogen and oxygen atoms in total. The number of hydroxylamine groups is 2. The summed E-state index contributed by atoms with van der Waals surface area (Å²) >= 11 is 0. The van der Waals surface area contributed by atoms with Crippen LogP contribution < -0.4 is 4.90 Å². The van der Waals surface area contributed by atoms with Gasteiger partial charge in [0.05, 0.1) is 11.1 Å². The van der Waals surface area contributed by atoms with Crippen LogP contribution in [0.25, 0.3) is 0 Å². The standard InChI is InChI=1S/C12H11N3O6/c1-8(16)21-12-7-13(11(17)6-14(12)18)9-2-4-10(5-3-9)15(19)20/h2-5,7,18H,6H2,1H3. The highest BCUT2D eigenvalue weighted by Gasteiger charge is 2.27. The van der Waals surface area contributed by atoms with Gasteiger partial charge in [-0.2, -0.15) is 0 Å². The Morgan fingerprint density at radius 2 is 2.00 bits per heavy atom. The number of nitrogens with zero attached hydrogens (tertiary/aromatic N) is 3. The molecule has 9 heteroatoms. The summed E-state index contributed by atoms with van der Waals surface area (Å²) in [6.45, 7) is 0.747. The van der Waals surface area contributed by atoms with Crippen LogP contribution in [0.2, 0.25) is 0 Å². The zero-order valence-corrected chi connectivity index (χ0v) is 10.9. The molecule has 21 heavy (non-hydrogen) atoms. The van der Waals surface area contributed by atoms with Crippen molar-refractivity contribution in [2.45, 2.75) is 6.92 Å². The number of non-ortho nitro benzene ring substituents is 1. The molecule has 0 spiro atoms. The van der Waals surface area contributed by atoms with Gasteiger partial charge in [0.15, 0.2) is 0 Å². The first-order chi connectivity index (χ1) is 9.88. The third kappa shape index (κ3) is 3.15. The van der Waals surface area contributed by atoms with E-state index in [0.29, 0.717) is 10.8 Å². The summed E-state index contributed by atoms with van der Waals surface area (Å²) in [6.07, 6.45) is 1.13. The van der Waals surface area contributed by atoms with Crippen LogP contribution in [0, 0.1) is 10.1 Å². The Bertz CT molecular complexity index is 624. The van der Waals surface area contributed by atoms with E-state index in [2.05, 4.69) is 0 Å². The molecule has 0 fully saturated rings. The van der Waals surface area contributed by atoms with Crippen LogP contribution >= 0.6 is 0 Å². The van der Waals surface area contributed by atoms with Crippen molar-refractivity contribution in [3.63, 3.8) is 0 Å². The average molecular weight is 293 g/mol. The third-order valence-corrected chi connectivity index (χ3v) is 2.63. The molecule has 0 aromatic heterocycles. The Hall–Kier alpha value is -2.94. The first kappa shape index (κ1) is 14.5. The van der Waals surface area contributed by atoms with E-state index in [4.69, 9.17) is 4.74 Å². The van der Waals surface area contributed by atoms with Crippen LogP contribution in [0.3, 0.4) is 0 Å². The van der Waals surface area contributed by atoms with Crippen LogP contribution in [0.15, 0.2) is 36.3 Å². The number of carbonyl (C=O) groups excluding carboxylic acids is 2. The Morgan fingerprint density at radius 3 is 2.52 bits per heavy atom. The van der Waals surface area contributed by atoms with Crippen molar-refractivity contribution >= 4 is 23.3 Å². The predicted octanol–water partition coefficient (Wildman–Crippen LogP) is 0.995. The van der Waals surface area contributed by atoms with E-state index < -0.39 is 23.3 Å². The normalized spacial score (nSPS) is 14.8. The summed E-state index contributed by atoms with van der Waals surface area (Å²) in [4.78, 5) is 33.9. The Kier molecular flexibility index (Phi) is 3.85. The van der Waals surface area contributed by atoms with Crippen LogP contribution in [0.1, 0.15) is 6.92 Å². The fourth-order valence-corrected chi connectivity index (χ4v) is 1.71. The number of benzene rings is 1. The number of nitro benzene ring substituents is 1. The number of ether oxygens (including phenoxy) is 1. The van der Waals surface area contributed by atoms with Gasteiger partial charge in [-0.15, -0.1) is 0 Å². The molecule has 1 heterocycles. The molecule has 1 aromatic rings. The number of hydrogen-bond donors (Lipinski definition) is 1. The SMILES string of the molecule is CC(=O)OC1=CN(c2ccc([N+](=O)[O-])cc2)C(=O)CN1O. The molecular formula is C12H11N3O6. The van der Waals surface area contributed by atoms with Crippen LogP contribution in [-0.2, 0) is 14.3 Å². The first-order valence-corrected chi connectivity index (χ1v) is 5.81. The van der Waals surface area contributed by atoms with Crippen LogP contribution in [0.5, 0.6) is 0 Å². The zero-order chi connectivity index (χ0) is 15.6. The fourth-order valence-electron chi connectivity index (χ4n) is 1.71. The summed E-state index contributed by atoms with van der Waals surface area (Å²) < 4.78 is 4.76. The lowest BCUT2D eigenvalue weighted by atomic mass is 10.2. The molecule has 0 atom stereocenters. The number of carbonyl (C=O) groups is 2. The fraction of sp³-hybridized carbons (Fsp3) is 0.167. The Labute approximate surface area is 118 Å². The highest BCUT2D eigenvalue weighted by Crippen LogP contribution is 2.23. The molecule has 0 bridgehead atoms.